The molecule has 0 bridgehead atoms. The van der Waals surface area contributed by atoms with E-state index in [0.29, 0.717) is 6.54 Å². The average molecular weight is 430 g/mol. The van der Waals surface area contributed by atoms with E-state index in [1.165, 1.54) is 32.3 Å². The van der Waals surface area contributed by atoms with Gasteiger partial charge in [0.25, 0.3) is 10.1 Å². The molecular weight excluding hydrogens is 406 g/mol. The third-order valence-corrected chi connectivity index (χ3v) is 6.72. The zero-order valence-electron chi connectivity index (χ0n) is 16.3. The van der Waals surface area contributed by atoms with Gasteiger partial charge in [-0.05, 0) is 33.8 Å². The molecular formula is C22H23NO4S2. The van der Waals surface area contributed by atoms with Crippen molar-refractivity contribution in [3.05, 3.63) is 58.8 Å². The predicted octanol–water partition coefficient (Wildman–Crippen LogP) is 4.02. The van der Waals surface area contributed by atoms with Gasteiger partial charge in [0.05, 0.1) is 25.0 Å². The highest BCUT2D eigenvalue weighted by Crippen LogP contribution is 2.39. The van der Waals surface area contributed by atoms with E-state index in [-0.39, 0.29) is 13.2 Å². The second kappa shape index (κ2) is 7.66. The van der Waals surface area contributed by atoms with Gasteiger partial charge in [0.1, 0.15) is 0 Å². The Morgan fingerprint density at radius 3 is 2.14 bits per heavy atom. The lowest BCUT2D eigenvalue weighted by atomic mass is 9.95. The molecule has 0 spiro atoms. The first kappa shape index (κ1) is 20.3. The molecule has 7 heteroatoms. The summed E-state index contributed by atoms with van der Waals surface area (Å²) in [6.07, 6.45) is 1.01. The quantitative estimate of drug-likeness (QED) is 0.343. The van der Waals surface area contributed by atoms with Crippen LogP contribution in [0.3, 0.4) is 0 Å². The summed E-state index contributed by atoms with van der Waals surface area (Å²) in [6, 6.07) is 16.8. The summed E-state index contributed by atoms with van der Waals surface area (Å²) in [6.45, 7) is 1.88. The molecule has 4 aromatic rings. The molecule has 1 unspecified atom stereocenters. The molecule has 5 nitrogen and oxygen atoms in total. The van der Waals surface area contributed by atoms with Crippen molar-refractivity contribution in [2.24, 2.45) is 0 Å². The summed E-state index contributed by atoms with van der Waals surface area (Å²) >= 11 is 1.66. The van der Waals surface area contributed by atoms with Crippen molar-refractivity contribution >= 4 is 53.8 Å². The third kappa shape index (κ3) is 4.01. The second-order valence-electron chi connectivity index (χ2n) is 7.58. The fourth-order valence-electron chi connectivity index (χ4n) is 3.59. The normalized spacial score (nSPS) is 14.6. The maximum Gasteiger partial charge on any atom is 0.264 e. The van der Waals surface area contributed by atoms with Gasteiger partial charge in [-0.3, -0.25) is 4.18 Å². The maximum absolute atomic E-state index is 11.3. The summed E-state index contributed by atoms with van der Waals surface area (Å²) < 4.78 is 27.6. The molecule has 0 saturated heterocycles. The Kier molecular flexibility index (Phi) is 5.35. The van der Waals surface area contributed by atoms with Crippen LogP contribution < -0.4 is 5.32 Å². The summed E-state index contributed by atoms with van der Waals surface area (Å²) in [5.41, 5.74) is -0.869. The van der Waals surface area contributed by atoms with Crippen LogP contribution in [-0.2, 0) is 20.8 Å². The Bertz CT molecular complexity index is 1300. The van der Waals surface area contributed by atoms with E-state index in [0.717, 1.165) is 11.1 Å². The van der Waals surface area contributed by atoms with Crippen LogP contribution in [0.1, 0.15) is 11.8 Å². The number of benzene rings is 3. The number of fused-ring (bicyclic) bond motifs is 6. The van der Waals surface area contributed by atoms with E-state index in [4.69, 9.17) is 4.18 Å². The van der Waals surface area contributed by atoms with Gasteiger partial charge in [0.15, 0.2) is 0 Å². The van der Waals surface area contributed by atoms with Crippen LogP contribution in [0.25, 0.3) is 32.3 Å². The van der Waals surface area contributed by atoms with Crippen LogP contribution in [0.2, 0.25) is 0 Å². The summed E-state index contributed by atoms with van der Waals surface area (Å²) in [5, 5.41) is 22.5. The van der Waals surface area contributed by atoms with E-state index in [9.17, 15) is 13.5 Å². The van der Waals surface area contributed by atoms with Crippen molar-refractivity contribution in [2.75, 3.05) is 19.5 Å². The molecule has 0 aliphatic rings. The minimum atomic E-state index is -3.58. The van der Waals surface area contributed by atoms with Crippen LogP contribution in [0.5, 0.6) is 0 Å². The molecule has 3 aromatic carbocycles. The highest BCUT2D eigenvalue weighted by Gasteiger charge is 2.26. The zero-order chi connectivity index (χ0) is 20.6. The fourth-order valence-corrected chi connectivity index (χ4v) is 5.07. The van der Waals surface area contributed by atoms with E-state index in [1.807, 2.05) is 6.07 Å². The van der Waals surface area contributed by atoms with Crippen LogP contribution in [-0.4, -0.2) is 38.5 Å². The standard InChI is InChI=1S/C22H23NO4S2/c1-22(13-24,14-27-29(2,25)26)23-11-20-21-18-10-6-5-8-16(18)15-7-3-4-9-17(15)19(21)12-28-20/h3-10,12,23-24H,11,13-14H2,1-2H3. The van der Waals surface area contributed by atoms with E-state index < -0.39 is 15.7 Å². The Morgan fingerprint density at radius 2 is 1.55 bits per heavy atom. The molecule has 0 aliphatic heterocycles. The van der Waals surface area contributed by atoms with E-state index in [2.05, 4.69) is 53.2 Å². The number of aliphatic hydroxyl groups is 1. The average Bonchev–Trinajstić information content (AvgIpc) is 3.15. The molecule has 1 atom stereocenters. The maximum atomic E-state index is 11.3. The molecule has 29 heavy (non-hydrogen) atoms. The SMILES string of the molecule is CC(CO)(COS(C)(=O)=O)NCc1scc2c3ccccc3c3ccccc3c12. The van der Waals surface area contributed by atoms with Crippen molar-refractivity contribution in [3.8, 4) is 0 Å². The van der Waals surface area contributed by atoms with Crippen LogP contribution in [0.4, 0.5) is 0 Å². The van der Waals surface area contributed by atoms with Crippen molar-refractivity contribution in [3.63, 3.8) is 0 Å². The summed E-state index contributed by atoms with van der Waals surface area (Å²) in [7, 11) is -3.58. The number of nitrogens with one attached hydrogen (secondary N) is 1. The summed E-state index contributed by atoms with van der Waals surface area (Å²) in [4.78, 5) is 1.14. The number of hydrogen-bond donors (Lipinski definition) is 2. The van der Waals surface area contributed by atoms with E-state index >= 15 is 0 Å². The van der Waals surface area contributed by atoms with Crippen molar-refractivity contribution in [1.82, 2.24) is 5.32 Å². The first-order chi connectivity index (χ1) is 13.8. The van der Waals surface area contributed by atoms with Gasteiger partial charge in [-0.25, -0.2) is 0 Å². The molecule has 4 rings (SSSR count). The third-order valence-electron chi connectivity index (χ3n) is 5.19. The van der Waals surface area contributed by atoms with Crippen molar-refractivity contribution in [1.29, 1.82) is 0 Å². The molecule has 0 amide bonds. The number of hydrogen-bond acceptors (Lipinski definition) is 6. The highest BCUT2D eigenvalue weighted by atomic mass is 32.2. The molecule has 1 heterocycles. The minimum absolute atomic E-state index is 0.130. The molecule has 0 fully saturated rings. The molecule has 0 radical (unpaired) electrons. The monoisotopic (exact) mass is 429 g/mol. The lowest BCUT2D eigenvalue weighted by Gasteiger charge is -2.28. The lowest BCUT2D eigenvalue weighted by Crippen LogP contribution is -2.49. The van der Waals surface area contributed by atoms with Gasteiger partial charge in [0, 0.05) is 22.2 Å². The van der Waals surface area contributed by atoms with Gasteiger partial charge in [-0.2, -0.15) is 8.42 Å². The van der Waals surface area contributed by atoms with Crippen molar-refractivity contribution in [2.45, 2.75) is 19.0 Å². The molecule has 152 valence electrons. The molecule has 0 saturated carbocycles. The Morgan fingerprint density at radius 1 is 1.00 bits per heavy atom. The van der Waals surface area contributed by atoms with Crippen LogP contribution in [0, 0.1) is 0 Å². The van der Waals surface area contributed by atoms with Gasteiger partial charge in [0.2, 0.25) is 0 Å². The number of rotatable bonds is 7. The van der Waals surface area contributed by atoms with Crippen LogP contribution >= 0.6 is 11.3 Å². The van der Waals surface area contributed by atoms with Crippen molar-refractivity contribution < 1.29 is 17.7 Å². The van der Waals surface area contributed by atoms with Gasteiger partial charge >= 0.3 is 0 Å². The number of aliphatic hydroxyl groups excluding tert-OH is 1. The molecule has 0 aliphatic carbocycles. The first-order valence-corrected chi connectivity index (χ1v) is 12.0. The first-order valence-electron chi connectivity index (χ1n) is 9.31. The Labute approximate surface area is 174 Å². The van der Waals surface area contributed by atoms with E-state index in [1.54, 1.807) is 18.3 Å². The van der Waals surface area contributed by atoms with Crippen LogP contribution in [0.15, 0.2) is 53.9 Å². The van der Waals surface area contributed by atoms with Gasteiger partial charge in [-0.1, -0.05) is 48.5 Å². The lowest BCUT2D eigenvalue weighted by molar-refractivity contribution is 0.118. The minimum Gasteiger partial charge on any atom is -0.394 e. The highest BCUT2D eigenvalue weighted by molar-refractivity contribution is 7.85. The zero-order valence-corrected chi connectivity index (χ0v) is 17.9. The van der Waals surface area contributed by atoms with Gasteiger partial charge in [-0.15, -0.1) is 11.3 Å². The molecule has 2 N–H and O–H groups in total. The molecule has 1 aromatic heterocycles. The topological polar surface area (TPSA) is 75.6 Å². The predicted molar refractivity (Wildman–Crippen MR) is 120 cm³/mol. The fraction of sp³-hybridized carbons (Fsp3) is 0.273. The Hall–Kier alpha value is -2.03. The largest absolute Gasteiger partial charge is 0.394 e. The summed E-state index contributed by atoms with van der Waals surface area (Å²) in [5.74, 6) is 0. The Balaban J connectivity index is 1.76. The van der Waals surface area contributed by atoms with Gasteiger partial charge < -0.3 is 10.4 Å². The number of thiophene rings is 1. The smallest absolute Gasteiger partial charge is 0.264 e. The second-order valence-corrected chi connectivity index (χ2v) is 10.2.